The molecular weight excluding hydrogens is 260 g/mol. The summed E-state index contributed by atoms with van der Waals surface area (Å²) in [5, 5.41) is 7.87. The fraction of sp³-hybridized carbons (Fsp3) is 0.500. The van der Waals surface area contributed by atoms with Gasteiger partial charge in [0.1, 0.15) is 5.76 Å². The highest BCUT2D eigenvalue weighted by Crippen LogP contribution is 2.42. The SMILES string of the molecule is Cc1ccc(C(NC(C)c2c(C)noc2C)C2CC2)cc1. The monoisotopic (exact) mass is 284 g/mol. The van der Waals surface area contributed by atoms with E-state index in [0.29, 0.717) is 6.04 Å². The Bertz CT molecular complexity index is 591. The first kappa shape index (κ1) is 14.3. The standard InChI is InChI=1S/C18H24N2O/c1-11-5-7-15(8-6-11)18(16-9-10-16)19-12(2)17-13(3)20-21-14(17)4/h5-8,12,16,18-19H,9-10H2,1-4H3. The zero-order valence-electron chi connectivity index (χ0n) is 13.3. The molecule has 21 heavy (non-hydrogen) atoms. The van der Waals surface area contributed by atoms with Crippen LogP contribution in [0.3, 0.4) is 0 Å². The number of rotatable bonds is 5. The second kappa shape index (κ2) is 5.64. The molecule has 2 atom stereocenters. The first-order chi connectivity index (χ1) is 10.1. The summed E-state index contributed by atoms with van der Waals surface area (Å²) in [4.78, 5) is 0. The Morgan fingerprint density at radius 3 is 2.33 bits per heavy atom. The zero-order valence-corrected chi connectivity index (χ0v) is 13.3. The molecule has 3 nitrogen and oxygen atoms in total. The van der Waals surface area contributed by atoms with Crippen LogP contribution >= 0.6 is 0 Å². The number of nitrogens with zero attached hydrogens (tertiary/aromatic N) is 1. The summed E-state index contributed by atoms with van der Waals surface area (Å²) < 4.78 is 5.31. The third-order valence-electron chi connectivity index (χ3n) is 4.48. The third-order valence-corrected chi connectivity index (χ3v) is 4.48. The van der Waals surface area contributed by atoms with Gasteiger partial charge >= 0.3 is 0 Å². The molecule has 1 aromatic heterocycles. The molecule has 0 radical (unpaired) electrons. The number of aryl methyl sites for hydroxylation is 3. The molecule has 1 aliphatic carbocycles. The van der Waals surface area contributed by atoms with E-state index in [0.717, 1.165) is 17.4 Å². The van der Waals surface area contributed by atoms with Crippen molar-refractivity contribution in [1.29, 1.82) is 0 Å². The molecule has 0 aliphatic heterocycles. The summed E-state index contributed by atoms with van der Waals surface area (Å²) in [6.07, 6.45) is 2.64. The van der Waals surface area contributed by atoms with Crippen molar-refractivity contribution in [2.75, 3.05) is 0 Å². The molecule has 3 rings (SSSR count). The van der Waals surface area contributed by atoms with E-state index in [-0.39, 0.29) is 6.04 Å². The van der Waals surface area contributed by atoms with Crippen LogP contribution in [0.5, 0.6) is 0 Å². The number of nitrogens with one attached hydrogen (secondary N) is 1. The maximum Gasteiger partial charge on any atom is 0.138 e. The lowest BCUT2D eigenvalue weighted by Gasteiger charge is -2.24. The van der Waals surface area contributed by atoms with E-state index in [1.165, 1.54) is 29.5 Å². The van der Waals surface area contributed by atoms with Crippen molar-refractivity contribution in [1.82, 2.24) is 10.5 Å². The average Bonchev–Trinajstić information content (AvgIpc) is 3.23. The Kier molecular flexibility index (Phi) is 3.85. The molecule has 1 N–H and O–H groups in total. The molecule has 112 valence electrons. The maximum absolute atomic E-state index is 5.31. The number of benzene rings is 1. The van der Waals surface area contributed by atoms with Crippen molar-refractivity contribution in [2.24, 2.45) is 5.92 Å². The van der Waals surface area contributed by atoms with Gasteiger partial charge in [-0.2, -0.15) is 0 Å². The van der Waals surface area contributed by atoms with Gasteiger partial charge in [-0.15, -0.1) is 0 Å². The lowest BCUT2D eigenvalue weighted by atomic mass is 9.98. The molecule has 1 aromatic carbocycles. The second-order valence-electron chi connectivity index (χ2n) is 6.35. The fourth-order valence-corrected chi connectivity index (χ4v) is 3.17. The minimum Gasteiger partial charge on any atom is -0.361 e. The highest BCUT2D eigenvalue weighted by Gasteiger charge is 2.33. The molecule has 0 saturated heterocycles. The van der Waals surface area contributed by atoms with Crippen LogP contribution in [0.25, 0.3) is 0 Å². The van der Waals surface area contributed by atoms with Gasteiger partial charge in [0, 0.05) is 17.6 Å². The minimum absolute atomic E-state index is 0.253. The molecule has 0 bridgehead atoms. The molecule has 0 spiro atoms. The topological polar surface area (TPSA) is 38.1 Å². The van der Waals surface area contributed by atoms with Gasteiger partial charge in [-0.05, 0) is 52.0 Å². The quantitative estimate of drug-likeness (QED) is 0.884. The molecule has 2 unspecified atom stereocenters. The van der Waals surface area contributed by atoms with Crippen LogP contribution in [0.15, 0.2) is 28.8 Å². The molecule has 1 heterocycles. The highest BCUT2D eigenvalue weighted by molar-refractivity contribution is 5.28. The van der Waals surface area contributed by atoms with Crippen molar-refractivity contribution < 1.29 is 4.52 Å². The Balaban J connectivity index is 1.81. The van der Waals surface area contributed by atoms with Crippen LogP contribution in [0, 0.1) is 26.7 Å². The number of aromatic nitrogens is 1. The predicted molar refractivity (Wildman–Crippen MR) is 84.2 cm³/mol. The van der Waals surface area contributed by atoms with E-state index in [4.69, 9.17) is 4.52 Å². The van der Waals surface area contributed by atoms with Crippen LogP contribution in [0.4, 0.5) is 0 Å². The number of hydrogen-bond acceptors (Lipinski definition) is 3. The molecule has 1 aliphatic rings. The number of hydrogen-bond donors (Lipinski definition) is 1. The summed E-state index contributed by atoms with van der Waals surface area (Å²) in [6.45, 7) is 8.35. The van der Waals surface area contributed by atoms with Crippen LogP contribution in [-0.4, -0.2) is 5.16 Å². The highest BCUT2D eigenvalue weighted by atomic mass is 16.5. The largest absolute Gasteiger partial charge is 0.361 e. The smallest absolute Gasteiger partial charge is 0.138 e. The van der Waals surface area contributed by atoms with Gasteiger partial charge in [-0.3, -0.25) is 0 Å². The van der Waals surface area contributed by atoms with Gasteiger partial charge in [-0.1, -0.05) is 35.0 Å². The van der Waals surface area contributed by atoms with E-state index < -0.39 is 0 Å². The Morgan fingerprint density at radius 2 is 1.81 bits per heavy atom. The average molecular weight is 284 g/mol. The van der Waals surface area contributed by atoms with Crippen molar-refractivity contribution in [2.45, 2.75) is 52.6 Å². The Morgan fingerprint density at radius 1 is 1.14 bits per heavy atom. The third kappa shape index (κ3) is 3.03. The molecule has 1 saturated carbocycles. The molecule has 2 aromatic rings. The van der Waals surface area contributed by atoms with Crippen molar-refractivity contribution in [3.8, 4) is 0 Å². The summed E-state index contributed by atoms with van der Waals surface area (Å²) >= 11 is 0. The van der Waals surface area contributed by atoms with Crippen molar-refractivity contribution >= 4 is 0 Å². The van der Waals surface area contributed by atoms with E-state index in [1.807, 2.05) is 13.8 Å². The molecule has 3 heteroatoms. The van der Waals surface area contributed by atoms with Crippen LogP contribution in [0.2, 0.25) is 0 Å². The lowest BCUT2D eigenvalue weighted by molar-refractivity contribution is 0.386. The molecular formula is C18H24N2O. The fourth-order valence-electron chi connectivity index (χ4n) is 3.17. The zero-order chi connectivity index (χ0) is 15.0. The van der Waals surface area contributed by atoms with Gasteiger partial charge < -0.3 is 9.84 Å². The van der Waals surface area contributed by atoms with Crippen LogP contribution in [-0.2, 0) is 0 Å². The van der Waals surface area contributed by atoms with Gasteiger partial charge in [0.15, 0.2) is 0 Å². The maximum atomic E-state index is 5.31. The summed E-state index contributed by atoms with van der Waals surface area (Å²) in [7, 11) is 0. The van der Waals surface area contributed by atoms with Crippen molar-refractivity contribution in [3.05, 3.63) is 52.4 Å². The molecule has 0 amide bonds. The van der Waals surface area contributed by atoms with E-state index >= 15 is 0 Å². The first-order valence-corrected chi connectivity index (χ1v) is 7.81. The van der Waals surface area contributed by atoms with Gasteiger partial charge in [0.25, 0.3) is 0 Å². The second-order valence-corrected chi connectivity index (χ2v) is 6.35. The van der Waals surface area contributed by atoms with E-state index in [2.05, 4.69) is 48.6 Å². The van der Waals surface area contributed by atoms with E-state index in [1.54, 1.807) is 0 Å². The predicted octanol–water partition coefficient (Wildman–Crippen LogP) is 4.40. The Labute approximate surface area is 126 Å². The molecule has 1 fully saturated rings. The summed E-state index contributed by atoms with van der Waals surface area (Å²) in [5.74, 6) is 1.68. The Hall–Kier alpha value is -1.61. The van der Waals surface area contributed by atoms with Crippen molar-refractivity contribution in [3.63, 3.8) is 0 Å². The lowest BCUT2D eigenvalue weighted by Crippen LogP contribution is -2.26. The summed E-state index contributed by atoms with van der Waals surface area (Å²) in [6, 6.07) is 9.59. The minimum atomic E-state index is 0.253. The summed E-state index contributed by atoms with van der Waals surface area (Å²) in [5.41, 5.74) is 4.90. The van der Waals surface area contributed by atoms with Gasteiger partial charge in [0.05, 0.1) is 5.69 Å². The van der Waals surface area contributed by atoms with E-state index in [9.17, 15) is 0 Å². The van der Waals surface area contributed by atoms with Crippen LogP contribution in [0.1, 0.15) is 60.0 Å². The normalized spacial score (nSPS) is 17.7. The first-order valence-electron chi connectivity index (χ1n) is 7.81. The van der Waals surface area contributed by atoms with Crippen LogP contribution < -0.4 is 5.32 Å². The van der Waals surface area contributed by atoms with Gasteiger partial charge in [-0.25, -0.2) is 0 Å². The van der Waals surface area contributed by atoms with Gasteiger partial charge in [0.2, 0.25) is 0 Å².